The van der Waals surface area contributed by atoms with Gasteiger partial charge in [0.1, 0.15) is 5.03 Å². The molecule has 0 aliphatic carbocycles. The molecule has 2 N–H and O–H groups in total. The number of benzene rings is 1. The highest BCUT2D eigenvalue weighted by Gasteiger charge is 2.16. The van der Waals surface area contributed by atoms with E-state index in [0.717, 1.165) is 0 Å². The third-order valence-corrected chi connectivity index (χ3v) is 3.75. The molecule has 0 unspecified atom stereocenters. The molecule has 5 nitrogen and oxygen atoms in total. The molecule has 0 radical (unpaired) electrons. The van der Waals surface area contributed by atoms with E-state index < -0.39 is 0 Å². The highest BCUT2D eigenvalue weighted by molar-refractivity contribution is 7.98. The number of rotatable bonds is 6. The summed E-state index contributed by atoms with van der Waals surface area (Å²) in [5.74, 6) is -0.566. The zero-order chi connectivity index (χ0) is 16.7. The molecule has 2 rings (SSSR count). The number of pyridine rings is 1. The molecule has 6 heteroatoms. The zero-order valence-electron chi connectivity index (χ0n) is 12.7. The van der Waals surface area contributed by atoms with E-state index in [9.17, 15) is 9.59 Å². The van der Waals surface area contributed by atoms with Gasteiger partial charge in [-0.05, 0) is 30.5 Å². The molecule has 0 aliphatic rings. The van der Waals surface area contributed by atoms with Crippen molar-refractivity contribution in [3.63, 3.8) is 0 Å². The van der Waals surface area contributed by atoms with Crippen LogP contribution >= 0.6 is 11.8 Å². The number of nitrogens with one attached hydrogen (secondary N) is 2. The summed E-state index contributed by atoms with van der Waals surface area (Å²) < 4.78 is 0. The van der Waals surface area contributed by atoms with Crippen LogP contribution in [0.1, 0.15) is 20.7 Å². The summed E-state index contributed by atoms with van der Waals surface area (Å²) in [6, 6.07) is 10.3. The maximum Gasteiger partial charge on any atom is 0.258 e. The van der Waals surface area contributed by atoms with E-state index in [2.05, 4.69) is 22.2 Å². The van der Waals surface area contributed by atoms with Gasteiger partial charge in [0, 0.05) is 12.7 Å². The largest absolute Gasteiger partial charge is 0.349 e. The predicted octanol–water partition coefficient (Wildman–Crippen LogP) is 2.97. The third kappa shape index (κ3) is 4.20. The molecule has 23 heavy (non-hydrogen) atoms. The van der Waals surface area contributed by atoms with Crippen LogP contribution < -0.4 is 10.6 Å². The van der Waals surface area contributed by atoms with Gasteiger partial charge in [-0.1, -0.05) is 18.2 Å². The van der Waals surface area contributed by atoms with Crippen molar-refractivity contribution in [3.05, 3.63) is 66.4 Å². The first-order valence-corrected chi connectivity index (χ1v) is 8.18. The highest BCUT2D eigenvalue weighted by atomic mass is 32.2. The number of carbonyl (C=O) groups excluding carboxylic acids is 2. The topological polar surface area (TPSA) is 71.1 Å². The number of para-hydroxylation sites is 1. The van der Waals surface area contributed by atoms with Crippen LogP contribution in [-0.2, 0) is 0 Å². The van der Waals surface area contributed by atoms with Crippen molar-refractivity contribution in [2.24, 2.45) is 0 Å². The maximum atomic E-state index is 12.5. The quantitative estimate of drug-likeness (QED) is 0.632. The lowest BCUT2D eigenvalue weighted by Crippen LogP contribution is -2.25. The van der Waals surface area contributed by atoms with Crippen LogP contribution in [0.4, 0.5) is 5.69 Å². The van der Waals surface area contributed by atoms with Crippen LogP contribution in [0.25, 0.3) is 0 Å². The minimum atomic E-state index is -0.300. The van der Waals surface area contributed by atoms with E-state index in [1.165, 1.54) is 11.8 Å². The fourth-order valence-electron chi connectivity index (χ4n) is 1.97. The first-order chi connectivity index (χ1) is 11.2. The number of thioether (sulfide) groups is 1. The average molecular weight is 327 g/mol. The minimum Gasteiger partial charge on any atom is -0.349 e. The van der Waals surface area contributed by atoms with Gasteiger partial charge in [-0.25, -0.2) is 4.98 Å². The molecule has 1 aromatic heterocycles. The van der Waals surface area contributed by atoms with E-state index in [0.29, 0.717) is 28.4 Å². The average Bonchev–Trinajstić information content (AvgIpc) is 2.60. The molecule has 1 aromatic carbocycles. The number of hydrogen-bond acceptors (Lipinski definition) is 4. The number of carbonyl (C=O) groups is 2. The van der Waals surface area contributed by atoms with Crippen molar-refractivity contribution in [2.45, 2.75) is 5.03 Å². The number of aromatic nitrogens is 1. The fourth-order valence-corrected chi connectivity index (χ4v) is 2.51. The van der Waals surface area contributed by atoms with Crippen LogP contribution in [0, 0.1) is 0 Å². The second-order valence-corrected chi connectivity index (χ2v) is 5.35. The van der Waals surface area contributed by atoms with Crippen molar-refractivity contribution in [3.8, 4) is 0 Å². The second kappa shape index (κ2) is 8.14. The molecule has 1 heterocycles. The molecule has 0 saturated heterocycles. The number of hydrogen-bond donors (Lipinski definition) is 2. The van der Waals surface area contributed by atoms with Crippen LogP contribution in [-0.4, -0.2) is 29.6 Å². The summed E-state index contributed by atoms with van der Waals surface area (Å²) in [4.78, 5) is 28.8. The van der Waals surface area contributed by atoms with Crippen molar-refractivity contribution < 1.29 is 9.59 Å². The molecule has 118 valence electrons. The molecular weight excluding hydrogens is 310 g/mol. The van der Waals surface area contributed by atoms with Crippen molar-refractivity contribution in [1.82, 2.24) is 10.3 Å². The summed E-state index contributed by atoms with van der Waals surface area (Å²) in [5.41, 5.74) is 1.33. The molecule has 2 aromatic rings. The Bertz CT molecular complexity index is 731. The van der Waals surface area contributed by atoms with Gasteiger partial charge in [-0.3, -0.25) is 9.59 Å². The first-order valence-electron chi connectivity index (χ1n) is 6.96. The molecule has 0 saturated carbocycles. The van der Waals surface area contributed by atoms with Crippen LogP contribution in [0.15, 0.2) is 60.3 Å². The van der Waals surface area contributed by atoms with Gasteiger partial charge in [0.15, 0.2) is 0 Å². The van der Waals surface area contributed by atoms with Gasteiger partial charge in [0.05, 0.1) is 16.8 Å². The van der Waals surface area contributed by atoms with Crippen LogP contribution in [0.3, 0.4) is 0 Å². The molecule has 0 bridgehead atoms. The smallest absolute Gasteiger partial charge is 0.258 e. The van der Waals surface area contributed by atoms with Gasteiger partial charge in [-0.2, -0.15) is 0 Å². The highest BCUT2D eigenvalue weighted by Crippen LogP contribution is 2.20. The van der Waals surface area contributed by atoms with E-state index in [-0.39, 0.29) is 11.8 Å². The van der Waals surface area contributed by atoms with Crippen LogP contribution in [0.5, 0.6) is 0 Å². The Hall–Kier alpha value is -2.60. The SMILES string of the molecule is C=CCNC(=O)c1ccccc1NC(=O)c1cccnc1SC. The molecule has 0 atom stereocenters. The Balaban J connectivity index is 2.24. The molecule has 0 spiro atoms. The van der Waals surface area contributed by atoms with Gasteiger partial charge < -0.3 is 10.6 Å². The Morgan fingerprint density at radius 2 is 1.91 bits per heavy atom. The van der Waals surface area contributed by atoms with Gasteiger partial charge in [0.25, 0.3) is 11.8 Å². The van der Waals surface area contributed by atoms with Gasteiger partial charge in [-0.15, -0.1) is 18.3 Å². The minimum absolute atomic E-state index is 0.267. The zero-order valence-corrected chi connectivity index (χ0v) is 13.5. The van der Waals surface area contributed by atoms with Crippen LogP contribution in [0.2, 0.25) is 0 Å². The van der Waals surface area contributed by atoms with E-state index in [1.807, 2.05) is 6.26 Å². The lowest BCUT2D eigenvalue weighted by Gasteiger charge is -2.12. The number of anilines is 1. The Labute approximate surface area is 139 Å². The molecule has 0 aliphatic heterocycles. The predicted molar refractivity (Wildman–Crippen MR) is 92.9 cm³/mol. The lowest BCUT2D eigenvalue weighted by molar-refractivity contribution is 0.0959. The maximum absolute atomic E-state index is 12.5. The molecule has 2 amide bonds. The second-order valence-electron chi connectivity index (χ2n) is 4.56. The van der Waals surface area contributed by atoms with Crippen molar-refractivity contribution in [2.75, 3.05) is 18.1 Å². The summed E-state index contributed by atoms with van der Waals surface area (Å²) in [5, 5.41) is 6.12. The van der Waals surface area contributed by atoms with Gasteiger partial charge in [0.2, 0.25) is 0 Å². The summed E-state index contributed by atoms with van der Waals surface area (Å²) in [6.45, 7) is 3.92. The summed E-state index contributed by atoms with van der Waals surface area (Å²) in [7, 11) is 0. The summed E-state index contributed by atoms with van der Waals surface area (Å²) in [6.07, 6.45) is 5.09. The lowest BCUT2D eigenvalue weighted by atomic mass is 10.1. The Kier molecular flexibility index (Phi) is 5.94. The number of nitrogens with zero attached hydrogens (tertiary/aromatic N) is 1. The monoisotopic (exact) mass is 327 g/mol. The van der Waals surface area contributed by atoms with Crippen molar-refractivity contribution >= 4 is 29.3 Å². The van der Waals surface area contributed by atoms with Crippen molar-refractivity contribution in [1.29, 1.82) is 0 Å². The number of amides is 2. The molecule has 0 fully saturated rings. The molecular formula is C17H17N3O2S. The van der Waals surface area contributed by atoms with E-state index >= 15 is 0 Å². The third-order valence-electron chi connectivity index (χ3n) is 3.04. The normalized spacial score (nSPS) is 9.96. The first kappa shape index (κ1) is 16.8. The summed E-state index contributed by atoms with van der Waals surface area (Å²) >= 11 is 1.39. The fraction of sp³-hybridized carbons (Fsp3) is 0.118. The Morgan fingerprint density at radius 1 is 1.17 bits per heavy atom. The standard InChI is InChI=1S/C17H17N3O2S/c1-3-10-18-15(21)12-7-4-5-9-14(12)20-16(22)13-8-6-11-19-17(13)23-2/h3-9,11H,1,10H2,2H3,(H,18,21)(H,20,22). The van der Waals surface area contributed by atoms with E-state index in [1.54, 1.807) is 48.7 Å². The van der Waals surface area contributed by atoms with E-state index in [4.69, 9.17) is 0 Å². The Morgan fingerprint density at radius 3 is 2.65 bits per heavy atom. The van der Waals surface area contributed by atoms with Gasteiger partial charge >= 0.3 is 0 Å².